The maximum absolute atomic E-state index is 5.69. The molecular formula is C6H4Br2ClP. The molecule has 0 atom stereocenters. The molecule has 0 aliphatic carbocycles. The first kappa shape index (κ1) is 8.99. The van der Waals surface area contributed by atoms with Crippen LogP contribution in [0.15, 0.2) is 24.3 Å². The normalized spacial score (nSPS) is 10.4. The lowest BCUT2D eigenvalue weighted by molar-refractivity contribution is 1.77. The Labute approximate surface area is 82.2 Å². The quantitative estimate of drug-likeness (QED) is 0.686. The Morgan fingerprint density at radius 3 is 2.00 bits per heavy atom. The standard InChI is InChI=1S/C6H4Br2ClP/c7-10(8)6-3-1-5(9)2-4-6/h1-4H. The summed E-state index contributed by atoms with van der Waals surface area (Å²) in [5, 5.41) is 1.67. The van der Waals surface area contributed by atoms with Gasteiger partial charge >= 0.3 is 0 Å². The van der Waals surface area contributed by atoms with Gasteiger partial charge in [0.2, 0.25) is 0 Å². The van der Waals surface area contributed by atoms with Crippen molar-refractivity contribution in [3.8, 4) is 0 Å². The van der Waals surface area contributed by atoms with E-state index in [1.165, 1.54) is 5.30 Å². The summed E-state index contributed by atoms with van der Waals surface area (Å²) < 4.78 is 0. The van der Waals surface area contributed by atoms with Gasteiger partial charge in [0, 0.05) is 5.02 Å². The monoisotopic (exact) mass is 300 g/mol. The van der Waals surface area contributed by atoms with Crippen molar-refractivity contribution in [2.75, 3.05) is 0 Å². The first-order valence-corrected chi connectivity index (χ1v) is 8.33. The second-order valence-corrected chi connectivity index (χ2v) is 10.2. The van der Waals surface area contributed by atoms with Crippen molar-refractivity contribution in [1.82, 2.24) is 0 Å². The van der Waals surface area contributed by atoms with Crippen LogP contribution in [0.1, 0.15) is 0 Å². The van der Waals surface area contributed by atoms with Gasteiger partial charge in [-0.1, -0.05) is 23.7 Å². The van der Waals surface area contributed by atoms with Gasteiger partial charge in [-0.3, -0.25) is 0 Å². The lowest BCUT2D eigenvalue weighted by atomic mass is 10.4. The summed E-state index contributed by atoms with van der Waals surface area (Å²) >= 11 is 12.6. The first-order chi connectivity index (χ1) is 4.70. The van der Waals surface area contributed by atoms with Crippen LogP contribution in [0.25, 0.3) is 0 Å². The van der Waals surface area contributed by atoms with E-state index in [0.29, 0.717) is 0 Å². The minimum absolute atomic E-state index is 0.342. The highest BCUT2D eigenvalue weighted by Crippen LogP contribution is 2.50. The van der Waals surface area contributed by atoms with Gasteiger partial charge in [0.05, 0.1) is 5.33 Å². The third-order valence-electron chi connectivity index (χ3n) is 1.02. The van der Waals surface area contributed by atoms with Gasteiger partial charge in [-0.2, -0.15) is 0 Å². The molecule has 0 saturated heterocycles. The van der Waals surface area contributed by atoms with Crippen LogP contribution in [0.3, 0.4) is 0 Å². The van der Waals surface area contributed by atoms with Crippen LogP contribution in [0.4, 0.5) is 0 Å². The van der Waals surface area contributed by atoms with Crippen molar-refractivity contribution < 1.29 is 0 Å². The van der Waals surface area contributed by atoms with Crippen molar-refractivity contribution >= 4 is 53.2 Å². The molecule has 0 bridgehead atoms. The number of halogens is 3. The largest absolute Gasteiger partial charge is 0.0843 e. The van der Waals surface area contributed by atoms with Crippen molar-refractivity contribution in [2.45, 2.75) is 0 Å². The Balaban J connectivity index is 2.89. The summed E-state index contributed by atoms with van der Waals surface area (Å²) in [5.74, 6) is 0. The van der Waals surface area contributed by atoms with Crippen LogP contribution < -0.4 is 5.30 Å². The predicted octanol–water partition coefficient (Wildman–Crippen LogP) is 4.07. The van der Waals surface area contributed by atoms with Crippen molar-refractivity contribution in [2.24, 2.45) is 0 Å². The Kier molecular flexibility index (Phi) is 3.65. The van der Waals surface area contributed by atoms with Crippen LogP contribution in [0.5, 0.6) is 0 Å². The van der Waals surface area contributed by atoms with Gasteiger partial charge in [0.15, 0.2) is 0 Å². The topological polar surface area (TPSA) is 0 Å². The highest BCUT2D eigenvalue weighted by molar-refractivity contribution is 9.70. The van der Waals surface area contributed by atoms with E-state index in [4.69, 9.17) is 11.6 Å². The zero-order chi connectivity index (χ0) is 7.56. The third kappa shape index (κ3) is 2.50. The summed E-state index contributed by atoms with van der Waals surface area (Å²) in [6.45, 7) is 0. The molecule has 0 amide bonds. The van der Waals surface area contributed by atoms with Crippen LogP contribution >= 0.6 is 47.9 Å². The second-order valence-electron chi connectivity index (χ2n) is 1.71. The Bertz CT molecular complexity index is 209. The highest BCUT2D eigenvalue weighted by atomic mass is 79.9. The van der Waals surface area contributed by atoms with Crippen LogP contribution in [-0.2, 0) is 0 Å². The van der Waals surface area contributed by atoms with Gasteiger partial charge < -0.3 is 0 Å². The molecule has 0 fully saturated rings. The molecule has 0 spiro atoms. The summed E-state index contributed by atoms with van der Waals surface area (Å²) in [7, 11) is 0. The van der Waals surface area contributed by atoms with E-state index in [-0.39, 0.29) is 5.33 Å². The molecule has 1 aromatic carbocycles. The van der Waals surface area contributed by atoms with E-state index in [9.17, 15) is 0 Å². The van der Waals surface area contributed by atoms with Crippen molar-refractivity contribution in [3.63, 3.8) is 0 Å². The SMILES string of the molecule is Clc1ccc(P(Br)Br)cc1. The molecule has 0 unspecified atom stereocenters. The zero-order valence-electron chi connectivity index (χ0n) is 4.89. The average molecular weight is 302 g/mol. The van der Waals surface area contributed by atoms with Gasteiger partial charge in [-0.05, 0) is 48.4 Å². The van der Waals surface area contributed by atoms with Crippen LogP contribution in [0.2, 0.25) is 5.02 Å². The molecule has 0 saturated carbocycles. The average Bonchev–Trinajstić information content (AvgIpc) is 1.88. The molecule has 0 nitrogen and oxygen atoms in total. The molecule has 54 valence electrons. The molecule has 0 aliphatic heterocycles. The first-order valence-electron chi connectivity index (χ1n) is 2.57. The summed E-state index contributed by atoms with van der Waals surface area (Å²) in [6.07, 6.45) is 0. The fraction of sp³-hybridized carbons (Fsp3) is 0. The predicted molar refractivity (Wildman–Crippen MR) is 55.9 cm³/mol. The molecule has 0 aromatic heterocycles. The van der Waals surface area contributed by atoms with Gasteiger partial charge in [0.1, 0.15) is 0 Å². The lowest BCUT2D eigenvalue weighted by Gasteiger charge is -1.99. The molecule has 0 aliphatic rings. The minimum atomic E-state index is -0.342. The maximum atomic E-state index is 5.69. The molecule has 0 N–H and O–H groups in total. The maximum Gasteiger partial charge on any atom is 0.0654 e. The Morgan fingerprint density at radius 2 is 1.60 bits per heavy atom. The molecule has 1 rings (SSSR count). The number of hydrogen-bond acceptors (Lipinski definition) is 0. The second kappa shape index (κ2) is 4.06. The number of benzene rings is 1. The van der Waals surface area contributed by atoms with Gasteiger partial charge in [-0.25, -0.2) is 0 Å². The molecule has 4 heteroatoms. The summed E-state index contributed by atoms with van der Waals surface area (Å²) in [5.41, 5.74) is 0. The van der Waals surface area contributed by atoms with Crippen LogP contribution in [-0.4, -0.2) is 0 Å². The molecule has 10 heavy (non-hydrogen) atoms. The van der Waals surface area contributed by atoms with E-state index < -0.39 is 0 Å². The number of hydrogen-bond donors (Lipinski definition) is 0. The van der Waals surface area contributed by atoms with E-state index in [0.717, 1.165) is 5.02 Å². The smallest absolute Gasteiger partial charge is 0.0654 e. The molecular weight excluding hydrogens is 298 g/mol. The van der Waals surface area contributed by atoms with Crippen LogP contribution in [0, 0.1) is 0 Å². The fourth-order valence-corrected chi connectivity index (χ4v) is 2.47. The Morgan fingerprint density at radius 1 is 1.10 bits per heavy atom. The van der Waals surface area contributed by atoms with E-state index >= 15 is 0 Å². The summed E-state index contributed by atoms with van der Waals surface area (Å²) in [4.78, 5) is 0. The van der Waals surface area contributed by atoms with Gasteiger partial charge in [0.25, 0.3) is 0 Å². The number of rotatable bonds is 1. The highest BCUT2D eigenvalue weighted by Gasteiger charge is 1.99. The third-order valence-corrected chi connectivity index (χ3v) is 4.42. The molecule has 1 aromatic rings. The van der Waals surface area contributed by atoms with E-state index in [1.807, 2.05) is 24.3 Å². The zero-order valence-corrected chi connectivity index (χ0v) is 9.71. The minimum Gasteiger partial charge on any atom is -0.0843 e. The lowest BCUT2D eigenvalue weighted by Crippen LogP contribution is -1.90. The molecule has 0 radical (unpaired) electrons. The van der Waals surface area contributed by atoms with E-state index in [1.54, 1.807) is 0 Å². The van der Waals surface area contributed by atoms with Gasteiger partial charge in [-0.15, -0.1) is 0 Å². The fourth-order valence-electron chi connectivity index (χ4n) is 0.554. The summed E-state index contributed by atoms with van der Waals surface area (Å²) in [6, 6.07) is 7.76. The van der Waals surface area contributed by atoms with E-state index in [2.05, 4.69) is 31.0 Å². The molecule has 0 heterocycles. The Hall–Kier alpha value is 0.900. The van der Waals surface area contributed by atoms with Crippen molar-refractivity contribution in [1.29, 1.82) is 0 Å². The van der Waals surface area contributed by atoms with Crippen molar-refractivity contribution in [3.05, 3.63) is 29.3 Å².